The minimum Gasteiger partial charge on any atom is -0.495 e. The van der Waals surface area contributed by atoms with Crippen molar-refractivity contribution < 1.29 is 22.7 Å². The summed E-state index contributed by atoms with van der Waals surface area (Å²) in [6, 6.07) is 20.5. The number of hydrogen-bond acceptors (Lipinski definition) is 5. The monoisotopic (exact) mass is 571 g/mol. The molecule has 10 heteroatoms. The van der Waals surface area contributed by atoms with Gasteiger partial charge in [0.1, 0.15) is 18.3 Å². The van der Waals surface area contributed by atoms with Crippen LogP contribution in [0.25, 0.3) is 0 Å². The Labute approximate surface area is 235 Å². The van der Waals surface area contributed by atoms with Gasteiger partial charge >= 0.3 is 0 Å². The number of para-hydroxylation sites is 2. The predicted molar refractivity (Wildman–Crippen MR) is 153 cm³/mol. The van der Waals surface area contributed by atoms with Gasteiger partial charge in [0.15, 0.2) is 0 Å². The highest BCUT2D eigenvalue weighted by atomic mass is 35.5. The molecule has 1 atom stereocenters. The van der Waals surface area contributed by atoms with E-state index in [0.717, 1.165) is 9.87 Å². The zero-order valence-electron chi connectivity index (χ0n) is 22.5. The van der Waals surface area contributed by atoms with Crippen molar-refractivity contribution >= 4 is 39.1 Å². The molecule has 0 saturated carbocycles. The maximum absolute atomic E-state index is 13.9. The van der Waals surface area contributed by atoms with Crippen molar-refractivity contribution in [1.29, 1.82) is 0 Å². The third-order valence-electron chi connectivity index (χ3n) is 6.08. The maximum Gasteiger partial charge on any atom is 0.264 e. The van der Waals surface area contributed by atoms with E-state index in [9.17, 15) is 18.0 Å². The molecule has 1 N–H and O–H groups in total. The molecule has 0 aliphatic carbocycles. The van der Waals surface area contributed by atoms with Crippen LogP contribution in [0.3, 0.4) is 0 Å². The molecule has 0 unspecified atom stereocenters. The molecule has 0 aliphatic rings. The predicted octanol–water partition coefficient (Wildman–Crippen LogP) is 4.73. The molecule has 2 amide bonds. The summed E-state index contributed by atoms with van der Waals surface area (Å²) < 4.78 is 34.1. The number of methoxy groups -OCH3 is 1. The highest BCUT2D eigenvalue weighted by Crippen LogP contribution is 2.32. The van der Waals surface area contributed by atoms with Gasteiger partial charge in [0.2, 0.25) is 11.8 Å². The number of ether oxygens (including phenoxy) is 1. The lowest BCUT2D eigenvalue weighted by Crippen LogP contribution is -2.51. The highest BCUT2D eigenvalue weighted by Gasteiger charge is 2.33. The fourth-order valence-corrected chi connectivity index (χ4v) is 5.46. The van der Waals surface area contributed by atoms with Gasteiger partial charge in [-0.2, -0.15) is 0 Å². The molecule has 8 nitrogen and oxygen atoms in total. The van der Waals surface area contributed by atoms with E-state index >= 15 is 0 Å². The minimum atomic E-state index is -4.17. The van der Waals surface area contributed by atoms with Crippen LogP contribution < -0.4 is 14.4 Å². The number of sulfonamides is 1. The van der Waals surface area contributed by atoms with Gasteiger partial charge in [-0.3, -0.25) is 13.9 Å². The standard InChI is InChI=1S/C29H34ClN3O5S/c1-21(2)18-31-29(35)22(3)32(19-23-14-16-24(30)17-15-23)28(34)20-33(26-12-8-9-13-27(26)38-4)39(36,37)25-10-6-5-7-11-25/h5-17,21-22H,18-20H2,1-4H3,(H,31,35)/t22-/m1/s1. The van der Waals surface area contributed by atoms with E-state index in [1.165, 1.54) is 24.1 Å². The van der Waals surface area contributed by atoms with E-state index in [1.807, 2.05) is 13.8 Å². The average molecular weight is 572 g/mol. The number of nitrogens with zero attached hydrogens (tertiary/aromatic N) is 2. The maximum atomic E-state index is 13.9. The Hall–Kier alpha value is -3.56. The second-order valence-electron chi connectivity index (χ2n) is 9.46. The number of benzene rings is 3. The average Bonchev–Trinajstić information content (AvgIpc) is 2.94. The molecule has 0 saturated heterocycles. The Morgan fingerprint density at radius 2 is 1.54 bits per heavy atom. The number of anilines is 1. The molecular formula is C29H34ClN3O5S. The number of halogens is 1. The number of carbonyl (C=O) groups excluding carboxylic acids is 2. The summed E-state index contributed by atoms with van der Waals surface area (Å²) in [5, 5.41) is 3.40. The first-order chi connectivity index (χ1) is 18.5. The second kappa shape index (κ2) is 13.5. The van der Waals surface area contributed by atoms with Crippen molar-refractivity contribution in [3.63, 3.8) is 0 Å². The number of hydrogen-bond donors (Lipinski definition) is 1. The molecule has 39 heavy (non-hydrogen) atoms. The van der Waals surface area contributed by atoms with Crippen LogP contribution in [0.2, 0.25) is 5.02 Å². The summed E-state index contributed by atoms with van der Waals surface area (Å²) in [7, 11) is -2.74. The first-order valence-corrected chi connectivity index (χ1v) is 14.4. The summed E-state index contributed by atoms with van der Waals surface area (Å²) in [6.45, 7) is 5.55. The first-order valence-electron chi connectivity index (χ1n) is 12.6. The van der Waals surface area contributed by atoms with Gasteiger partial charge in [0.25, 0.3) is 10.0 Å². The Morgan fingerprint density at radius 3 is 2.15 bits per heavy atom. The summed E-state index contributed by atoms with van der Waals surface area (Å²) in [4.78, 5) is 28.4. The third-order valence-corrected chi connectivity index (χ3v) is 8.11. The quantitative estimate of drug-likeness (QED) is 0.339. The molecule has 0 spiro atoms. The van der Waals surface area contributed by atoms with E-state index < -0.39 is 28.5 Å². The van der Waals surface area contributed by atoms with Crippen molar-refractivity contribution in [2.24, 2.45) is 5.92 Å². The molecule has 0 heterocycles. The lowest BCUT2D eigenvalue weighted by molar-refractivity contribution is -0.139. The van der Waals surface area contributed by atoms with Crippen LogP contribution in [-0.4, -0.2) is 51.4 Å². The van der Waals surface area contributed by atoms with Crippen LogP contribution in [0, 0.1) is 5.92 Å². The summed E-state index contributed by atoms with van der Waals surface area (Å²) in [5.74, 6) is -0.376. The minimum absolute atomic E-state index is 0.0238. The summed E-state index contributed by atoms with van der Waals surface area (Å²) in [6.07, 6.45) is 0. The number of nitrogens with one attached hydrogen (secondary N) is 1. The van der Waals surface area contributed by atoms with Crippen LogP contribution in [0.5, 0.6) is 5.75 Å². The van der Waals surface area contributed by atoms with Gasteiger partial charge in [-0.15, -0.1) is 0 Å². The van der Waals surface area contributed by atoms with Gasteiger partial charge in [-0.1, -0.05) is 67.9 Å². The van der Waals surface area contributed by atoms with Gasteiger partial charge in [0.05, 0.1) is 17.7 Å². The van der Waals surface area contributed by atoms with Crippen LogP contribution in [0.15, 0.2) is 83.8 Å². The molecule has 3 aromatic carbocycles. The molecule has 0 aromatic heterocycles. The van der Waals surface area contributed by atoms with E-state index in [-0.39, 0.29) is 34.7 Å². The van der Waals surface area contributed by atoms with Crippen LogP contribution in [0.1, 0.15) is 26.3 Å². The van der Waals surface area contributed by atoms with E-state index in [1.54, 1.807) is 73.7 Å². The molecule has 3 aromatic rings. The van der Waals surface area contributed by atoms with Gasteiger partial charge in [-0.05, 0) is 54.8 Å². The zero-order valence-corrected chi connectivity index (χ0v) is 24.1. The van der Waals surface area contributed by atoms with E-state index in [0.29, 0.717) is 11.6 Å². The van der Waals surface area contributed by atoms with Crippen molar-refractivity contribution in [1.82, 2.24) is 10.2 Å². The normalized spacial score (nSPS) is 12.1. The molecule has 0 radical (unpaired) electrons. The third kappa shape index (κ3) is 7.74. The van der Waals surface area contributed by atoms with Crippen molar-refractivity contribution in [2.75, 3.05) is 24.5 Å². The molecule has 3 rings (SSSR count). The second-order valence-corrected chi connectivity index (χ2v) is 11.8. The Balaban J connectivity index is 2.03. The van der Waals surface area contributed by atoms with Crippen LogP contribution in [-0.2, 0) is 26.2 Å². The van der Waals surface area contributed by atoms with Crippen LogP contribution >= 0.6 is 11.6 Å². The fraction of sp³-hybridized carbons (Fsp3) is 0.310. The highest BCUT2D eigenvalue weighted by molar-refractivity contribution is 7.92. The fourth-order valence-electron chi connectivity index (χ4n) is 3.89. The topological polar surface area (TPSA) is 96.0 Å². The van der Waals surface area contributed by atoms with E-state index in [4.69, 9.17) is 16.3 Å². The molecule has 0 bridgehead atoms. The largest absolute Gasteiger partial charge is 0.495 e. The van der Waals surface area contributed by atoms with Crippen molar-refractivity contribution in [3.8, 4) is 5.75 Å². The number of rotatable bonds is 12. The Morgan fingerprint density at radius 1 is 0.923 bits per heavy atom. The van der Waals surface area contributed by atoms with Gasteiger partial charge in [0, 0.05) is 18.1 Å². The number of amides is 2. The lowest BCUT2D eigenvalue weighted by atomic mass is 10.1. The Kier molecular flexibility index (Phi) is 10.4. The zero-order chi connectivity index (χ0) is 28.6. The molecular weight excluding hydrogens is 538 g/mol. The SMILES string of the molecule is COc1ccccc1N(CC(=O)N(Cc1ccc(Cl)cc1)[C@H](C)C(=O)NCC(C)C)S(=O)(=O)c1ccccc1. The summed E-state index contributed by atoms with van der Waals surface area (Å²) in [5.41, 5.74) is 0.951. The van der Waals surface area contributed by atoms with Crippen molar-refractivity contribution in [2.45, 2.75) is 38.3 Å². The number of carbonyl (C=O) groups is 2. The molecule has 0 aliphatic heterocycles. The summed E-state index contributed by atoms with van der Waals surface area (Å²) >= 11 is 6.04. The van der Waals surface area contributed by atoms with E-state index in [2.05, 4.69) is 5.32 Å². The smallest absolute Gasteiger partial charge is 0.264 e. The Bertz CT molecular complexity index is 1370. The molecule has 208 valence electrons. The lowest BCUT2D eigenvalue weighted by Gasteiger charge is -2.32. The van der Waals surface area contributed by atoms with Gasteiger partial charge in [-0.25, -0.2) is 8.42 Å². The van der Waals surface area contributed by atoms with Crippen molar-refractivity contribution in [3.05, 3.63) is 89.4 Å². The first kappa shape index (κ1) is 30.0. The molecule has 0 fully saturated rings. The van der Waals surface area contributed by atoms with Gasteiger partial charge < -0.3 is 15.0 Å². The van der Waals surface area contributed by atoms with Crippen LogP contribution in [0.4, 0.5) is 5.69 Å².